The molecule has 0 unspecified atom stereocenters. The summed E-state index contributed by atoms with van der Waals surface area (Å²) in [5.41, 5.74) is -0.0189. The van der Waals surface area contributed by atoms with Gasteiger partial charge in [0.1, 0.15) is 0 Å². The van der Waals surface area contributed by atoms with Crippen LogP contribution in [0.2, 0.25) is 0 Å². The second kappa shape index (κ2) is 10.5. The molecule has 1 heterocycles. The van der Waals surface area contributed by atoms with Crippen LogP contribution in [0.3, 0.4) is 0 Å². The number of hydrogen-bond acceptors (Lipinski definition) is 3. The van der Waals surface area contributed by atoms with Gasteiger partial charge >= 0.3 is 0 Å². The standard InChI is InChI=1S/C16H29N3O/c1-3-5-6-7-8-9-10-11-12-17-15-16(20)19(4-2)14-13-18-15/h13-14H,3-12H2,1-2H3,(H,17,18). The van der Waals surface area contributed by atoms with E-state index in [4.69, 9.17) is 0 Å². The maximum absolute atomic E-state index is 11.9. The van der Waals surface area contributed by atoms with Crippen LogP contribution in [0.5, 0.6) is 0 Å². The quantitative estimate of drug-likeness (QED) is 0.626. The van der Waals surface area contributed by atoms with Gasteiger partial charge in [0.15, 0.2) is 5.82 Å². The first-order valence-corrected chi connectivity index (χ1v) is 8.09. The lowest BCUT2D eigenvalue weighted by molar-refractivity contribution is 0.580. The van der Waals surface area contributed by atoms with Gasteiger partial charge in [-0.2, -0.15) is 0 Å². The average molecular weight is 279 g/mol. The minimum Gasteiger partial charge on any atom is -0.365 e. The predicted octanol–water partition coefficient (Wildman–Crippen LogP) is 3.82. The molecule has 0 radical (unpaired) electrons. The minimum atomic E-state index is -0.0189. The normalized spacial score (nSPS) is 10.7. The maximum Gasteiger partial charge on any atom is 0.293 e. The van der Waals surface area contributed by atoms with Gasteiger partial charge < -0.3 is 9.88 Å². The number of hydrogen-bond donors (Lipinski definition) is 1. The van der Waals surface area contributed by atoms with E-state index in [2.05, 4.69) is 17.2 Å². The Morgan fingerprint density at radius 3 is 2.35 bits per heavy atom. The van der Waals surface area contributed by atoms with Crippen molar-refractivity contribution in [1.82, 2.24) is 9.55 Å². The molecule has 1 aromatic heterocycles. The molecule has 4 nitrogen and oxygen atoms in total. The highest BCUT2D eigenvalue weighted by Crippen LogP contribution is 2.08. The van der Waals surface area contributed by atoms with Crippen LogP contribution in [0, 0.1) is 0 Å². The molecule has 1 N–H and O–H groups in total. The molecule has 0 saturated carbocycles. The topological polar surface area (TPSA) is 46.9 Å². The van der Waals surface area contributed by atoms with Crippen molar-refractivity contribution >= 4 is 5.82 Å². The van der Waals surface area contributed by atoms with Crippen molar-refractivity contribution in [1.29, 1.82) is 0 Å². The summed E-state index contributed by atoms with van der Waals surface area (Å²) in [5, 5.41) is 3.15. The molecule has 4 heteroatoms. The van der Waals surface area contributed by atoms with Gasteiger partial charge in [0.2, 0.25) is 0 Å². The largest absolute Gasteiger partial charge is 0.365 e. The molecule has 0 amide bonds. The molecular weight excluding hydrogens is 250 g/mol. The van der Waals surface area contributed by atoms with Crippen LogP contribution in [0.1, 0.15) is 65.2 Å². The molecule has 0 aliphatic rings. The van der Waals surface area contributed by atoms with Crippen molar-refractivity contribution in [2.75, 3.05) is 11.9 Å². The zero-order valence-corrected chi connectivity index (χ0v) is 13.0. The van der Waals surface area contributed by atoms with Crippen molar-refractivity contribution < 1.29 is 0 Å². The molecule has 0 aliphatic heterocycles. The number of nitrogens with zero attached hydrogens (tertiary/aromatic N) is 2. The lowest BCUT2D eigenvalue weighted by atomic mass is 10.1. The van der Waals surface area contributed by atoms with Crippen molar-refractivity contribution in [3.8, 4) is 0 Å². The lowest BCUT2D eigenvalue weighted by Gasteiger charge is -2.07. The van der Waals surface area contributed by atoms with E-state index in [0.717, 1.165) is 13.0 Å². The molecule has 0 bridgehead atoms. The van der Waals surface area contributed by atoms with Crippen molar-refractivity contribution in [3.63, 3.8) is 0 Å². The van der Waals surface area contributed by atoms with E-state index in [0.29, 0.717) is 12.4 Å². The molecule has 114 valence electrons. The Labute approximate surface area is 122 Å². The highest BCUT2D eigenvalue weighted by atomic mass is 16.1. The number of unbranched alkanes of at least 4 members (excludes halogenated alkanes) is 7. The van der Waals surface area contributed by atoms with Gasteiger partial charge in [-0.15, -0.1) is 0 Å². The predicted molar refractivity (Wildman–Crippen MR) is 85.3 cm³/mol. The Kier molecular flexibility index (Phi) is 8.76. The summed E-state index contributed by atoms with van der Waals surface area (Å²) in [6.07, 6.45) is 13.8. The fraction of sp³-hybridized carbons (Fsp3) is 0.750. The smallest absolute Gasteiger partial charge is 0.293 e. The van der Waals surface area contributed by atoms with Crippen LogP contribution in [0.4, 0.5) is 5.82 Å². The average Bonchev–Trinajstić information content (AvgIpc) is 2.47. The minimum absolute atomic E-state index is 0.0189. The zero-order valence-electron chi connectivity index (χ0n) is 13.0. The number of aryl methyl sites for hydroxylation is 1. The molecule has 0 fully saturated rings. The Hall–Kier alpha value is -1.32. The first-order chi connectivity index (χ1) is 9.79. The fourth-order valence-corrected chi connectivity index (χ4v) is 2.28. The molecule has 0 aromatic carbocycles. The number of nitrogens with one attached hydrogen (secondary N) is 1. The van der Waals surface area contributed by atoms with Gasteiger partial charge in [-0.05, 0) is 13.3 Å². The second-order valence-corrected chi connectivity index (χ2v) is 5.27. The van der Waals surface area contributed by atoms with Crippen LogP contribution in [0.15, 0.2) is 17.2 Å². The van der Waals surface area contributed by atoms with Crippen LogP contribution in [0.25, 0.3) is 0 Å². The van der Waals surface area contributed by atoms with E-state index < -0.39 is 0 Å². The maximum atomic E-state index is 11.9. The summed E-state index contributed by atoms with van der Waals surface area (Å²) in [6, 6.07) is 0. The monoisotopic (exact) mass is 279 g/mol. The fourth-order valence-electron chi connectivity index (χ4n) is 2.28. The van der Waals surface area contributed by atoms with Crippen LogP contribution < -0.4 is 10.9 Å². The van der Waals surface area contributed by atoms with Gasteiger partial charge in [-0.25, -0.2) is 4.98 Å². The molecule has 0 atom stereocenters. The molecule has 0 spiro atoms. The third-order valence-electron chi connectivity index (χ3n) is 3.58. The summed E-state index contributed by atoms with van der Waals surface area (Å²) in [7, 11) is 0. The Morgan fingerprint density at radius 1 is 1.05 bits per heavy atom. The second-order valence-electron chi connectivity index (χ2n) is 5.27. The van der Waals surface area contributed by atoms with E-state index in [1.165, 1.54) is 44.9 Å². The van der Waals surface area contributed by atoms with Crippen LogP contribution in [-0.2, 0) is 6.54 Å². The number of aromatic nitrogens is 2. The third-order valence-corrected chi connectivity index (χ3v) is 3.58. The first-order valence-electron chi connectivity index (χ1n) is 8.09. The summed E-state index contributed by atoms with van der Waals surface area (Å²) in [5.74, 6) is 0.484. The Morgan fingerprint density at radius 2 is 1.70 bits per heavy atom. The Bertz CT molecular complexity index is 414. The summed E-state index contributed by atoms with van der Waals surface area (Å²) < 4.78 is 1.67. The molecule has 0 aliphatic carbocycles. The molecule has 0 saturated heterocycles. The third kappa shape index (κ3) is 6.22. The van der Waals surface area contributed by atoms with Crippen molar-refractivity contribution in [2.45, 2.75) is 71.8 Å². The van der Waals surface area contributed by atoms with Gasteiger partial charge in [0, 0.05) is 25.5 Å². The molecule has 1 aromatic rings. The van der Waals surface area contributed by atoms with Gasteiger partial charge in [-0.3, -0.25) is 4.79 Å². The summed E-state index contributed by atoms with van der Waals surface area (Å²) in [6.45, 7) is 5.73. The van der Waals surface area contributed by atoms with Crippen LogP contribution in [-0.4, -0.2) is 16.1 Å². The first kappa shape index (κ1) is 16.7. The highest BCUT2D eigenvalue weighted by molar-refractivity contribution is 5.30. The Balaban J connectivity index is 2.11. The van der Waals surface area contributed by atoms with E-state index in [1.807, 2.05) is 6.92 Å². The van der Waals surface area contributed by atoms with E-state index in [1.54, 1.807) is 17.0 Å². The van der Waals surface area contributed by atoms with Gasteiger partial charge in [0.05, 0.1) is 0 Å². The van der Waals surface area contributed by atoms with E-state index >= 15 is 0 Å². The highest BCUT2D eigenvalue weighted by Gasteiger charge is 2.02. The zero-order chi connectivity index (χ0) is 14.6. The number of anilines is 1. The summed E-state index contributed by atoms with van der Waals surface area (Å²) in [4.78, 5) is 16.0. The summed E-state index contributed by atoms with van der Waals surface area (Å²) >= 11 is 0. The van der Waals surface area contributed by atoms with Gasteiger partial charge in [-0.1, -0.05) is 51.9 Å². The molecule has 20 heavy (non-hydrogen) atoms. The number of rotatable bonds is 11. The van der Waals surface area contributed by atoms with E-state index in [9.17, 15) is 4.79 Å². The SMILES string of the molecule is CCCCCCCCCCNc1nccn(CC)c1=O. The molecular formula is C16H29N3O. The van der Waals surface area contributed by atoms with Crippen molar-refractivity contribution in [3.05, 3.63) is 22.7 Å². The van der Waals surface area contributed by atoms with Gasteiger partial charge in [0.25, 0.3) is 5.56 Å². The lowest BCUT2D eigenvalue weighted by Crippen LogP contribution is -2.24. The molecule has 1 rings (SSSR count). The van der Waals surface area contributed by atoms with E-state index in [-0.39, 0.29) is 5.56 Å². The van der Waals surface area contributed by atoms with Crippen LogP contribution >= 0.6 is 0 Å². The van der Waals surface area contributed by atoms with Crippen molar-refractivity contribution in [2.24, 2.45) is 0 Å².